The Hall–Kier alpha value is -3.73. The molecule has 0 saturated carbocycles. The van der Waals surface area contributed by atoms with Crippen LogP contribution in [0.2, 0.25) is 0 Å². The summed E-state index contributed by atoms with van der Waals surface area (Å²) in [7, 11) is 0. The van der Waals surface area contributed by atoms with Gasteiger partial charge in [0, 0.05) is 41.3 Å². The fourth-order valence-electron chi connectivity index (χ4n) is 2.42. The third kappa shape index (κ3) is 12.0. The minimum atomic E-state index is 0.606. The second-order valence-electron chi connectivity index (χ2n) is 7.63. The van der Waals surface area contributed by atoms with Gasteiger partial charge in [0.05, 0.1) is 11.9 Å². The molecule has 1 atom stereocenters. The van der Waals surface area contributed by atoms with Gasteiger partial charge >= 0.3 is 0 Å². The molecule has 0 bridgehead atoms. The van der Waals surface area contributed by atoms with Crippen LogP contribution in [-0.2, 0) is 0 Å². The Labute approximate surface area is 199 Å². The van der Waals surface area contributed by atoms with Crippen LogP contribution in [0.5, 0.6) is 0 Å². The molecule has 5 heteroatoms. The molecule has 0 spiro atoms. The predicted molar refractivity (Wildman–Crippen MR) is 145 cm³/mol. The molecule has 174 valence electrons. The summed E-state index contributed by atoms with van der Waals surface area (Å²) >= 11 is 0. The van der Waals surface area contributed by atoms with Gasteiger partial charge in [-0.15, -0.1) is 0 Å². The number of hydrazone groups is 1. The van der Waals surface area contributed by atoms with Crippen LogP contribution in [-0.4, -0.2) is 24.0 Å². The van der Waals surface area contributed by atoms with E-state index in [0.717, 1.165) is 22.4 Å². The number of hydrogen-bond acceptors (Lipinski definition) is 5. The van der Waals surface area contributed by atoms with E-state index in [-0.39, 0.29) is 0 Å². The van der Waals surface area contributed by atoms with Gasteiger partial charge in [-0.05, 0) is 44.3 Å². The number of nitrogens with zero attached hydrogens (tertiary/aromatic N) is 3. The summed E-state index contributed by atoms with van der Waals surface area (Å²) in [6, 6.07) is 14.6. The van der Waals surface area contributed by atoms with E-state index in [9.17, 15) is 0 Å². The molecule has 0 amide bonds. The molecule has 0 fully saturated rings. The van der Waals surface area contributed by atoms with Gasteiger partial charge in [0.1, 0.15) is 0 Å². The highest BCUT2D eigenvalue weighted by Crippen LogP contribution is 2.19. The zero-order valence-electron chi connectivity index (χ0n) is 20.3. The standard InChI is InChI=1S/C19H18N4.C9H19N/c1-3-4-12-22-23-15-18(13-20-2)17-10-11-19(21-14-17)16-8-6-5-7-9-16;1-5-9(4)10-7-6-8(2)3/h3-15,22H,1-2H2;6-10H,5H2,1-4H3/b12-4+,18-13-,23-15-;7-6+. The van der Waals surface area contributed by atoms with Crippen molar-refractivity contribution in [1.82, 2.24) is 15.7 Å². The first kappa shape index (κ1) is 27.3. The van der Waals surface area contributed by atoms with Gasteiger partial charge in [-0.1, -0.05) is 75.9 Å². The molecule has 0 aliphatic carbocycles. The van der Waals surface area contributed by atoms with Crippen molar-refractivity contribution in [2.75, 3.05) is 0 Å². The number of benzene rings is 1. The monoisotopic (exact) mass is 443 g/mol. The molecular weight excluding hydrogens is 406 g/mol. The third-order valence-electron chi connectivity index (χ3n) is 4.46. The van der Waals surface area contributed by atoms with E-state index in [4.69, 9.17) is 0 Å². The number of aromatic nitrogens is 1. The highest BCUT2D eigenvalue weighted by molar-refractivity contribution is 6.09. The van der Waals surface area contributed by atoms with Crippen molar-refractivity contribution in [3.05, 3.63) is 97.6 Å². The fourth-order valence-corrected chi connectivity index (χ4v) is 2.42. The number of hydrogen-bond donors (Lipinski definition) is 2. The molecule has 1 heterocycles. The topological polar surface area (TPSA) is 61.7 Å². The van der Waals surface area contributed by atoms with Gasteiger partial charge < -0.3 is 5.32 Å². The largest absolute Gasteiger partial charge is 0.389 e. The maximum atomic E-state index is 4.50. The van der Waals surface area contributed by atoms with Crippen molar-refractivity contribution in [2.24, 2.45) is 16.0 Å². The summed E-state index contributed by atoms with van der Waals surface area (Å²) in [6.45, 7) is 15.8. The predicted octanol–water partition coefficient (Wildman–Crippen LogP) is 6.61. The second kappa shape index (κ2) is 16.9. The smallest absolute Gasteiger partial charge is 0.0702 e. The van der Waals surface area contributed by atoms with Gasteiger partial charge in [-0.3, -0.25) is 15.4 Å². The normalized spacial score (nSPS) is 12.6. The molecule has 2 aromatic rings. The Bertz CT molecular complexity index is 923. The summed E-state index contributed by atoms with van der Waals surface area (Å²) in [5, 5.41) is 7.37. The lowest BCUT2D eigenvalue weighted by Crippen LogP contribution is -2.18. The van der Waals surface area contributed by atoms with E-state index in [2.05, 4.69) is 79.1 Å². The maximum Gasteiger partial charge on any atom is 0.0702 e. The van der Waals surface area contributed by atoms with Crippen LogP contribution in [0.25, 0.3) is 16.8 Å². The second-order valence-corrected chi connectivity index (χ2v) is 7.63. The van der Waals surface area contributed by atoms with E-state index in [1.54, 1.807) is 37.0 Å². The number of nitrogens with one attached hydrogen (secondary N) is 2. The summed E-state index contributed by atoms with van der Waals surface area (Å²) in [4.78, 5) is 8.31. The van der Waals surface area contributed by atoms with Crippen LogP contribution in [0, 0.1) is 5.92 Å². The lowest BCUT2D eigenvalue weighted by Gasteiger charge is -2.07. The Kier molecular flexibility index (Phi) is 14.0. The molecule has 5 nitrogen and oxygen atoms in total. The van der Waals surface area contributed by atoms with Crippen LogP contribution >= 0.6 is 0 Å². The molecule has 0 radical (unpaired) electrons. The quantitative estimate of drug-likeness (QED) is 0.233. The van der Waals surface area contributed by atoms with Crippen molar-refractivity contribution in [3.8, 4) is 11.3 Å². The van der Waals surface area contributed by atoms with Crippen LogP contribution in [0.4, 0.5) is 0 Å². The minimum absolute atomic E-state index is 0.606. The van der Waals surface area contributed by atoms with E-state index < -0.39 is 0 Å². The summed E-state index contributed by atoms with van der Waals surface area (Å²) in [5.74, 6) is 0.650. The molecule has 0 saturated heterocycles. The molecule has 1 unspecified atom stereocenters. The molecule has 0 aliphatic heterocycles. The van der Waals surface area contributed by atoms with Crippen LogP contribution in [0.1, 0.15) is 39.7 Å². The molecule has 0 aliphatic rings. The SMILES string of the molecule is C=C/C=C/N/N=C\C(=C\N=C)c1ccc(-c2ccccc2)nc1.CCC(C)N/C=C/C(C)C. The Morgan fingerprint density at radius 2 is 1.85 bits per heavy atom. The zero-order valence-corrected chi connectivity index (χ0v) is 20.3. The lowest BCUT2D eigenvalue weighted by atomic mass is 10.1. The molecule has 1 aromatic heterocycles. The molecule has 2 rings (SSSR count). The summed E-state index contributed by atoms with van der Waals surface area (Å²) in [6.07, 6.45) is 15.6. The number of rotatable bonds is 11. The molecule has 33 heavy (non-hydrogen) atoms. The lowest BCUT2D eigenvalue weighted by molar-refractivity contribution is 0.615. The van der Waals surface area contributed by atoms with E-state index in [0.29, 0.717) is 12.0 Å². The van der Waals surface area contributed by atoms with Crippen LogP contribution in [0.3, 0.4) is 0 Å². The van der Waals surface area contributed by atoms with Crippen molar-refractivity contribution in [1.29, 1.82) is 0 Å². The van der Waals surface area contributed by atoms with E-state index >= 15 is 0 Å². The number of pyridine rings is 1. The van der Waals surface area contributed by atoms with E-state index in [1.165, 1.54) is 6.42 Å². The van der Waals surface area contributed by atoms with Crippen molar-refractivity contribution in [3.63, 3.8) is 0 Å². The number of allylic oxidation sites excluding steroid dienone is 4. The van der Waals surface area contributed by atoms with Gasteiger partial charge in [-0.2, -0.15) is 5.10 Å². The van der Waals surface area contributed by atoms with Crippen molar-refractivity contribution >= 4 is 18.5 Å². The number of aliphatic imine (C=N–C) groups is 1. The summed E-state index contributed by atoms with van der Waals surface area (Å²) in [5.41, 5.74) is 6.50. The van der Waals surface area contributed by atoms with Crippen LogP contribution < -0.4 is 10.7 Å². The van der Waals surface area contributed by atoms with Gasteiger partial charge in [0.25, 0.3) is 0 Å². The Morgan fingerprint density at radius 1 is 1.09 bits per heavy atom. The first-order chi connectivity index (χ1) is 16.0. The van der Waals surface area contributed by atoms with Crippen molar-refractivity contribution in [2.45, 2.75) is 40.2 Å². The first-order valence-corrected chi connectivity index (χ1v) is 11.2. The highest BCUT2D eigenvalue weighted by Gasteiger charge is 2.02. The zero-order chi connectivity index (χ0) is 24.3. The third-order valence-corrected chi connectivity index (χ3v) is 4.46. The van der Waals surface area contributed by atoms with Crippen LogP contribution in [0.15, 0.2) is 102 Å². The van der Waals surface area contributed by atoms with Gasteiger partial charge in [0.15, 0.2) is 0 Å². The summed E-state index contributed by atoms with van der Waals surface area (Å²) < 4.78 is 0. The highest BCUT2D eigenvalue weighted by atomic mass is 15.3. The Balaban J connectivity index is 0.000000461. The first-order valence-electron chi connectivity index (χ1n) is 11.2. The van der Waals surface area contributed by atoms with Gasteiger partial charge in [0.2, 0.25) is 0 Å². The van der Waals surface area contributed by atoms with Crippen molar-refractivity contribution < 1.29 is 0 Å². The van der Waals surface area contributed by atoms with E-state index in [1.807, 2.05) is 42.5 Å². The Morgan fingerprint density at radius 3 is 2.42 bits per heavy atom. The maximum absolute atomic E-state index is 4.50. The average molecular weight is 444 g/mol. The minimum Gasteiger partial charge on any atom is -0.389 e. The molecule has 1 aromatic carbocycles. The molecular formula is C28H37N5. The fraction of sp³-hybridized carbons (Fsp3) is 0.250. The molecule has 2 N–H and O–H groups in total. The van der Waals surface area contributed by atoms with Gasteiger partial charge in [-0.25, -0.2) is 0 Å². The average Bonchev–Trinajstić information content (AvgIpc) is 2.84.